The summed E-state index contributed by atoms with van der Waals surface area (Å²) >= 11 is 2.67. The topological polar surface area (TPSA) is 101 Å². The van der Waals surface area contributed by atoms with Crippen LogP contribution < -0.4 is 10.6 Å². The van der Waals surface area contributed by atoms with E-state index in [4.69, 9.17) is 0 Å². The molecule has 0 unspecified atom stereocenters. The van der Waals surface area contributed by atoms with Crippen LogP contribution in [0.4, 0.5) is 5.13 Å². The molecule has 0 radical (unpaired) electrons. The third-order valence-corrected chi connectivity index (χ3v) is 6.86. The number of carbonyl (C=O) groups is 1. The Morgan fingerprint density at radius 3 is 3.00 bits per heavy atom. The summed E-state index contributed by atoms with van der Waals surface area (Å²) in [5.74, 6) is 0.00145. The van der Waals surface area contributed by atoms with Crippen LogP contribution in [0.25, 0.3) is 0 Å². The monoisotopic (exact) mass is 362 g/mol. The number of hydrogen-bond acceptors (Lipinski definition) is 8. The summed E-state index contributed by atoms with van der Waals surface area (Å²) in [6, 6.07) is -0.278. The van der Waals surface area contributed by atoms with Crippen molar-refractivity contribution in [3.8, 4) is 0 Å². The Hall–Kier alpha value is -1.13. The van der Waals surface area contributed by atoms with E-state index in [0.29, 0.717) is 22.4 Å². The first-order valence-electron chi connectivity index (χ1n) is 6.75. The Morgan fingerprint density at radius 2 is 2.36 bits per heavy atom. The first-order chi connectivity index (χ1) is 10.4. The molecule has 2 heterocycles. The fraction of sp³-hybridized carbons (Fsp3) is 0.583. The molecule has 1 fully saturated rings. The molecule has 0 saturated carbocycles. The van der Waals surface area contributed by atoms with E-state index >= 15 is 0 Å². The number of sulfone groups is 1. The molecule has 22 heavy (non-hydrogen) atoms. The van der Waals surface area contributed by atoms with Gasteiger partial charge in [-0.3, -0.25) is 4.79 Å². The molecule has 10 heteroatoms. The summed E-state index contributed by atoms with van der Waals surface area (Å²) < 4.78 is 23.5. The molecule has 1 aliphatic rings. The van der Waals surface area contributed by atoms with Crippen molar-refractivity contribution in [1.82, 2.24) is 15.5 Å². The van der Waals surface area contributed by atoms with Crippen molar-refractivity contribution in [2.75, 3.05) is 23.4 Å². The van der Waals surface area contributed by atoms with E-state index in [1.165, 1.54) is 23.1 Å². The standard InChI is InChI=1S/C12H18N4O3S3/c1-3-5-13-11-15-16-12(21-11)20-8(2)10(17)14-9-4-6-22(18,19)7-9/h3,8-9H,1,4-7H2,2H3,(H,13,15)(H,14,17)/t8-,9-/m1/s1. The first kappa shape index (κ1) is 17.2. The first-order valence-corrected chi connectivity index (χ1v) is 10.3. The molecular formula is C12H18N4O3S3. The number of carbonyl (C=O) groups excluding carboxylic acids is 1. The van der Waals surface area contributed by atoms with Gasteiger partial charge in [-0.15, -0.1) is 16.8 Å². The van der Waals surface area contributed by atoms with Crippen molar-refractivity contribution < 1.29 is 13.2 Å². The Labute approximate surface area is 137 Å². The number of aromatic nitrogens is 2. The minimum absolute atomic E-state index is 0.0323. The lowest BCUT2D eigenvalue weighted by Gasteiger charge is -2.14. The molecule has 2 atom stereocenters. The van der Waals surface area contributed by atoms with Gasteiger partial charge in [0.2, 0.25) is 11.0 Å². The van der Waals surface area contributed by atoms with Gasteiger partial charge in [0.05, 0.1) is 16.8 Å². The molecule has 1 aromatic heterocycles. The van der Waals surface area contributed by atoms with Gasteiger partial charge in [-0.2, -0.15) is 0 Å². The van der Waals surface area contributed by atoms with Gasteiger partial charge in [-0.05, 0) is 13.3 Å². The summed E-state index contributed by atoms with van der Waals surface area (Å²) in [4.78, 5) is 12.1. The van der Waals surface area contributed by atoms with E-state index < -0.39 is 9.84 Å². The number of thioether (sulfide) groups is 1. The zero-order valence-electron chi connectivity index (χ0n) is 12.1. The van der Waals surface area contributed by atoms with Crippen LogP contribution in [0.5, 0.6) is 0 Å². The van der Waals surface area contributed by atoms with Crippen LogP contribution in [0.3, 0.4) is 0 Å². The molecule has 1 amide bonds. The second-order valence-corrected chi connectivity index (χ2v) is 9.71. The highest BCUT2D eigenvalue weighted by Crippen LogP contribution is 2.29. The average Bonchev–Trinajstić information content (AvgIpc) is 3.03. The molecule has 2 rings (SSSR count). The quantitative estimate of drug-likeness (QED) is 0.549. The third-order valence-electron chi connectivity index (χ3n) is 3.03. The van der Waals surface area contributed by atoms with Gasteiger partial charge >= 0.3 is 0 Å². The largest absolute Gasteiger partial charge is 0.357 e. The van der Waals surface area contributed by atoms with E-state index in [0.717, 1.165) is 0 Å². The molecule has 122 valence electrons. The van der Waals surface area contributed by atoms with Crippen molar-refractivity contribution in [1.29, 1.82) is 0 Å². The molecule has 7 nitrogen and oxygen atoms in total. The third kappa shape index (κ3) is 4.96. The SMILES string of the molecule is C=CCNc1nnc(S[C@H](C)C(=O)N[C@@H]2CCS(=O)(=O)C2)s1. The van der Waals surface area contributed by atoms with E-state index in [1.807, 2.05) is 0 Å². The zero-order valence-corrected chi connectivity index (χ0v) is 14.6. The van der Waals surface area contributed by atoms with Crippen LogP contribution in [0.15, 0.2) is 17.0 Å². The van der Waals surface area contributed by atoms with Crippen molar-refractivity contribution >= 4 is 44.0 Å². The second kappa shape index (κ2) is 7.42. The van der Waals surface area contributed by atoms with Gasteiger partial charge in [0, 0.05) is 12.6 Å². The Morgan fingerprint density at radius 1 is 1.59 bits per heavy atom. The van der Waals surface area contributed by atoms with Gasteiger partial charge in [-0.25, -0.2) is 8.42 Å². The molecule has 0 aromatic carbocycles. The number of nitrogens with zero attached hydrogens (tertiary/aromatic N) is 2. The van der Waals surface area contributed by atoms with E-state index in [-0.39, 0.29) is 28.7 Å². The Bertz CT molecular complexity index is 644. The fourth-order valence-electron chi connectivity index (χ4n) is 1.92. The van der Waals surface area contributed by atoms with Crippen molar-refractivity contribution in [3.05, 3.63) is 12.7 Å². The van der Waals surface area contributed by atoms with Crippen LogP contribution in [-0.2, 0) is 14.6 Å². The van der Waals surface area contributed by atoms with E-state index in [1.54, 1.807) is 13.0 Å². The van der Waals surface area contributed by atoms with Gasteiger partial charge in [0.1, 0.15) is 0 Å². The number of nitrogens with one attached hydrogen (secondary N) is 2. The normalized spacial score (nSPS) is 21.2. The van der Waals surface area contributed by atoms with Gasteiger partial charge in [0.25, 0.3) is 0 Å². The van der Waals surface area contributed by atoms with Crippen LogP contribution in [-0.4, -0.2) is 53.9 Å². The fourth-order valence-corrected chi connectivity index (χ4v) is 5.51. The predicted molar refractivity (Wildman–Crippen MR) is 89.1 cm³/mol. The molecule has 1 saturated heterocycles. The Balaban J connectivity index is 1.83. The number of anilines is 1. The van der Waals surface area contributed by atoms with Crippen LogP contribution in [0.2, 0.25) is 0 Å². The lowest BCUT2D eigenvalue weighted by molar-refractivity contribution is -0.120. The van der Waals surface area contributed by atoms with E-state index in [9.17, 15) is 13.2 Å². The molecule has 1 aromatic rings. The molecular weight excluding hydrogens is 344 g/mol. The van der Waals surface area contributed by atoms with Crippen LogP contribution >= 0.6 is 23.1 Å². The summed E-state index contributed by atoms with van der Waals surface area (Å²) in [6.07, 6.45) is 2.21. The number of hydrogen-bond donors (Lipinski definition) is 2. The zero-order chi connectivity index (χ0) is 16.2. The summed E-state index contributed by atoms with van der Waals surface area (Å²) in [5, 5.41) is 14.1. The van der Waals surface area contributed by atoms with Crippen molar-refractivity contribution in [2.45, 2.75) is 29.0 Å². The predicted octanol–water partition coefficient (Wildman–Crippen LogP) is 0.920. The van der Waals surface area contributed by atoms with Gasteiger partial charge < -0.3 is 10.6 Å². The Kier molecular flexibility index (Phi) is 5.81. The molecule has 2 N–H and O–H groups in total. The second-order valence-electron chi connectivity index (χ2n) is 4.91. The molecule has 0 aliphatic carbocycles. The van der Waals surface area contributed by atoms with E-state index in [2.05, 4.69) is 27.4 Å². The molecule has 0 bridgehead atoms. The van der Waals surface area contributed by atoms with Gasteiger partial charge in [-0.1, -0.05) is 29.2 Å². The highest BCUT2D eigenvalue weighted by molar-refractivity contribution is 8.02. The number of amides is 1. The smallest absolute Gasteiger partial charge is 0.233 e. The maximum Gasteiger partial charge on any atom is 0.233 e. The lowest BCUT2D eigenvalue weighted by atomic mass is 10.2. The molecule has 1 aliphatic heterocycles. The summed E-state index contributed by atoms with van der Waals surface area (Å²) in [5.41, 5.74) is 0. The summed E-state index contributed by atoms with van der Waals surface area (Å²) in [7, 11) is -2.99. The minimum atomic E-state index is -2.99. The van der Waals surface area contributed by atoms with Crippen LogP contribution in [0, 0.1) is 0 Å². The van der Waals surface area contributed by atoms with Crippen molar-refractivity contribution in [2.24, 2.45) is 0 Å². The maximum absolute atomic E-state index is 12.1. The lowest BCUT2D eigenvalue weighted by Crippen LogP contribution is -2.39. The van der Waals surface area contributed by atoms with Crippen molar-refractivity contribution in [3.63, 3.8) is 0 Å². The van der Waals surface area contributed by atoms with Crippen LogP contribution in [0.1, 0.15) is 13.3 Å². The minimum Gasteiger partial charge on any atom is -0.357 e. The highest BCUT2D eigenvalue weighted by Gasteiger charge is 2.30. The molecule has 0 spiro atoms. The average molecular weight is 363 g/mol. The highest BCUT2D eigenvalue weighted by atomic mass is 32.2. The summed E-state index contributed by atoms with van der Waals surface area (Å²) in [6.45, 7) is 5.97. The maximum atomic E-state index is 12.1. The van der Waals surface area contributed by atoms with Gasteiger partial charge in [0.15, 0.2) is 14.2 Å². The number of rotatable bonds is 7.